The molecule has 16 heavy (non-hydrogen) atoms. The van der Waals surface area contributed by atoms with Crippen molar-refractivity contribution in [3.63, 3.8) is 0 Å². The molecule has 1 heterocycles. The smallest absolute Gasteiger partial charge is 0.0333 e. The van der Waals surface area contributed by atoms with E-state index in [9.17, 15) is 0 Å². The Hall–Kier alpha value is -0.510. The fraction of sp³-hybridized carbons (Fsp3) is 0.538. The summed E-state index contributed by atoms with van der Waals surface area (Å²) in [5.41, 5.74) is 14.6. The van der Waals surface area contributed by atoms with Gasteiger partial charge in [-0.2, -0.15) is 0 Å². The Balaban J connectivity index is 2.22. The molecule has 1 aliphatic rings. The minimum absolute atomic E-state index is 0.0715. The van der Waals surface area contributed by atoms with E-state index in [0.29, 0.717) is 12.5 Å². The maximum atomic E-state index is 6.20. The third-order valence-corrected chi connectivity index (χ3v) is 4.50. The normalized spacial score (nSPS) is 18.9. The quantitative estimate of drug-likeness (QED) is 0.847. The highest BCUT2D eigenvalue weighted by molar-refractivity contribution is 7.99. The molecular formula is C13H20N2S. The second-order valence-electron chi connectivity index (χ2n) is 4.56. The Morgan fingerprint density at radius 2 is 2.25 bits per heavy atom. The van der Waals surface area contributed by atoms with Crippen LogP contribution in [0.5, 0.6) is 0 Å². The van der Waals surface area contributed by atoms with Gasteiger partial charge in [-0.25, -0.2) is 0 Å². The van der Waals surface area contributed by atoms with Crippen molar-refractivity contribution in [1.82, 2.24) is 0 Å². The van der Waals surface area contributed by atoms with E-state index in [1.807, 2.05) is 11.8 Å². The lowest BCUT2D eigenvalue weighted by Gasteiger charge is -2.22. The highest BCUT2D eigenvalue weighted by Crippen LogP contribution is 2.32. The SMILES string of the molecule is CC(CN)C(N)c1ccc2c(c1)CCCS2. The molecule has 3 heteroatoms. The van der Waals surface area contributed by atoms with Crippen LogP contribution in [0.1, 0.15) is 30.5 Å². The van der Waals surface area contributed by atoms with E-state index in [4.69, 9.17) is 11.5 Å². The number of thioether (sulfide) groups is 1. The van der Waals surface area contributed by atoms with Gasteiger partial charge in [0.1, 0.15) is 0 Å². The standard InChI is InChI=1S/C13H20N2S/c1-9(8-14)13(15)11-4-5-12-10(7-11)3-2-6-16-12/h4-5,7,9,13H,2-3,6,8,14-15H2,1H3. The zero-order valence-electron chi connectivity index (χ0n) is 9.78. The topological polar surface area (TPSA) is 52.0 Å². The molecule has 0 amide bonds. The molecule has 2 rings (SSSR count). The largest absolute Gasteiger partial charge is 0.330 e. The fourth-order valence-electron chi connectivity index (χ4n) is 2.06. The Labute approximate surface area is 102 Å². The van der Waals surface area contributed by atoms with E-state index in [1.165, 1.54) is 34.6 Å². The molecule has 1 aliphatic heterocycles. The van der Waals surface area contributed by atoms with Gasteiger partial charge in [-0.3, -0.25) is 0 Å². The molecule has 0 radical (unpaired) electrons. The predicted molar refractivity (Wildman–Crippen MR) is 70.6 cm³/mol. The van der Waals surface area contributed by atoms with Crippen LogP contribution in [0.2, 0.25) is 0 Å². The Morgan fingerprint density at radius 3 is 3.00 bits per heavy atom. The predicted octanol–water partition coefficient (Wildman–Crippen LogP) is 2.32. The summed E-state index contributed by atoms with van der Waals surface area (Å²) in [7, 11) is 0. The van der Waals surface area contributed by atoms with Crippen LogP contribution in [0.3, 0.4) is 0 Å². The minimum atomic E-state index is 0.0715. The molecule has 1 aromatic carbocycles. The molecule has 0 aliphatic carbocycles. The van der Waals surface area contributed by atoms with Gasteiger partial charge in [0.15, 0.2) is 0 Å². The molecule has 1 aromatic rings. The summed E-state index contributed by atoms with van der Waals surface area (Å²) in [6, 6.07) is 6.73. The van der Waals surface area contributed by atoms with Gasteiger partial charge in [-0.1, -0.05) is 19.1 Å². The zero-order chi connectivity index (χ0) is 11.5. The van der Waals surface area contributed by atoms with Crippen LogP contribution in [0.4, 0.5) is 0 Å². The number of rotatable bonds is 3. The van der Waals surface area contributed by atoms with Gasteiger partial charge in [0, 0.05) is 10.9 Å². The van der Waals surface area contributed by atoms with Crippen molar-refractivity contribution in [3.8, 4) is 0 Å². The van der Waals surface area contributed by atoms with E-state index >= 15 is 0 Å². The van der Waals surface area contributed by atoms with Crippen molar-refractivity contribution in [2.75, 3.05) is 12.3 Å². The first-order valence-electron chi connectivity index (χ1n) is 5.93. The first-order chi connectivity index (χ1) is 7.72. The van der Waals surface area contributed by atoms with Crippen LogP contribution in [0.25, 0.3) is 0 Å². The van der Waals surface area contributed by atoms with Crippen LogP contribution in [-0.4, -0.2) is 12.3 Å². The summed E-state index contributed by atoms with van der Waals surface area (Å²) in [6.07, 6.45) is 2.47. The van der Waals surface area contributed by atoms with Gasteiger partial charge in [0.25, 0.3) is 0 Å². The Kier molecular flexibility index (Phi) is 3.90. The summed E-state index contributed by atoms with van der Waals surface area (Å²) in [5, 5.41) is 0. The first-order valence-corrected chi connectivity index (χ1v) is 6.92. The Morgan fingerprint density at radius 1 is 1.44 bits per heavy atom. The summed E-state index contributed by atoms with van der Waals surface area (Å²) in [6.45, 7) is 2.76. The summed E-state index contributed by atoms with van der Waals surface area (Å²) < 4.78 is 0. The second-order valence-corrected chi connectivity index (χ2v) is 5.69. The average molecular weight is 236 g/mol. The number of benzene rings is 1. The van der Waals surface area contributed by atoms with E-state index in [0.717, 1.165) is 0 Å². The van der Waals surface area contributed by atoms with E-state index in [-0.39, 0.29) is 6.04 Å². The third-order valence-electron chi connectivity index (χ3n) is 3.30. The molecule has 0 saturated carbocycles. The van der Waals surface area contributed by atoms with Crippen LogP contribution in [0, 0.1) is 5.92 Å². The Bertz CT molecular complexity index is 365. The molecule has 88 valence electrons. The van der Waals surface area contributed by atoms with Gasteiger partial charge in [-0.15, -0.1) is 11.8 Å². The van der Waals surface area contributed by atoms with Crippen molar-refractivity contribution in [2.45, 2.75) is 30.7 Å². The molecule has 2 atom stereocenters. The zero-order valence-corrected chi connectivity index (χ0v) is 10.6. The van der Waals surface area contributed by atoms with Crippen molar-refractivity contribution in [3.05, 3.63) is 29.3 Å². The van der Waals surface area contributed by atoms with Crippen molar-refractivity contribution < 1.29 is 0 Å². The maximum Gasteiger partial charge on any atom is 0.0333 e. The maximum absolute atomic E-state index is 6.20. The lowest BCUT2D eigenvalue weighted by Crippen LogP contribution is -2.25. The molecular weight excluding hydrogens is 216 g/mol. The number of nitrogens with two attached hydrogens (primary N) is 2. The van der Waals surface area contributed by atoms with Gasteiger partial charge >= 0.3 is 0 Å². The highest BCUT2D eigenvalue weighted by atomic mass is 32.2. The molecule has 0 saturated heterocycles. The van der Waals surface area contributed by atoms with E-state index in [2.05, 4.69) is 25.1 Å². The number of hydrogen-bond donors (Lipinski definition) is 2. The summed E-state index contributed by atoms with van der Waals surface area (Å²) in [4.78, 5) is 1.43. The molecule has 2 nitrogen and oxygen atoms in total. The third kappa shape index (κ3) is 2.42. The minimum Gasteiger partial charge on any atom is -0.330 e. The van der Waals surface area contributed by atoms with E-state index in [1.54, 1.807) is 0 Å². The van der Waals surface area contributed by atoms with Crippen molar-refractivity contribution >= 4 is 11.8 Å². The van der Waals surface area contributed by atoms with Crippen molar-refractivity contribution in [2.24, 2.45) is 17.4 Å². The molecule has 0 fully saturated rings. The molecule has 0 aromatic heterocycles. The average Bonchev–Trinajstić information content (AvgIpc) is 2.36. The van der Waals surface area contributed by atoms with Crippen LogP contribution < -0.4 is 11.5 Å². The monoisotopic (exact) mass is 236 g/mol. The highest BCUT2D eigenvalue weighted by Gasteiger charge is 2.16. The van der Waals surface area contributed by atoms with E-state index < -0.39 is 0 Å². The number of hydrogen-bond acceptors (Lipinski definition) is 3. The molecule has 4 N–H and O–H groups in total. The van der Waals surface area contributed by atoms with Crippen molar-refractivity contribution in [1.29, 1.82) is 0 Å². The van der Waals surface area contributed by atoms with Gasteiger partial charge in [0.2, 0.25) is 0 Å². The lowest BCUT2D eigenvalue weighted by molar-refractivity contribution is 0.480. The summed E-state index contributed by atoms with van der Waals surface area (Å²) >= 11 is 1.96. The number of aryl methyl sites for hydroxylation is 1. The number of fused-ring (bicyclic) bond motifs is 1. The first kappa shape index (κ1) is 12.0. The van der Waals surface area contributed by atoms with Gasteiger partial charge in [0.05, 0.1) is 0 Å². The lowest BCUT2D eigenvalue weighted by atomic mass is 9.93. The van der Waals surface area contributed by atoms with Crippen LogP contribution >= 0.6 is 11.8 Å². The molecule has 2 unspecified atom stereocenters. The van der Waals surface area contributed by atoms with Gasteiger partial charge < -0.3 is 11.5 Å². The van der Waals surface area contributed by atoms with Crippen LogP contribution in [0.15, 0.2) is 23.1 Å². The molecule has 0 bridgehead atoms. The summed E-state index contributed by atoms with van der Waals surface area (Å²) in [5.74, 6) is 1.59. The van der Waals surface area contributed by atoms with Crippen LogP contribution in [-0.2, 0) is 6.42 Å². The molecule has 0 spiro atoms. The van der Waals surface area contributed by atoms with Gasteiger partial charge in [-0.05, 0) is 48.3 Å². The second kappa shape index (κ2) is 5.21. The fourth-order valence-corrected chi connectivity index (χ4v) is 3.08.